The normalized spacial score (nSPS) is 11.2. The zero-order chi connectivity index (χ0) is 14.5. The fraction of sp³-hybridized carbons (Fsp3) is 0.500. The van der Waals surface area contributed by atoms with Crippen LogP contribution in [0.1, 0.15) is 19.0 Å². The molecule has 0 fully saturated rings. The molecule has 0 saturated heterocycles. The lowest BCUT2D eigenvalue weighted by Crippen LogP contribution is -2.24. The molecular weight excluding hydrogens is 280 g/mol. The third-order valence-corrected chi connectivity index (χ3v) is 3.35. The van der Waals surface area contributed by atoms with E-state index in [9.17, 15) is 9.59 Å². The largest absolute Gasteiger partial charge is 0.466 e. The van der Waals surface area contributed by atoms with Crippen LogP contribution < -0.4 is 5.56 Å². The summed E-state index contributed by atoms with van der Waals surface area (Å²) in [5, 5.41) is 3.90. The van der Waals surface area contributed by atoms with Crippen LogP contribution in [0.15, 0.2) is 16.4 Å². The summed E-state index contributed by atoms with van der Waals surface area (Å²) in [6, 6.07) is 1.47. The van der Waals surface area contributed by atoms with Crippen LogP contribution in [0.2, 0.25) is 0 Å². The zero-order valence-electron chi connectivity index (χ0n) is 11.4. The van der Waals surface area contributed by atoms with Crippen LogP contribution in [0.25, 0.3) is 4.96 Å². The van der Waals surface area contributed by atoms with Gasteiger partial charge in [0.05, 0.1) is 18.7 Å². The minimum atomic E-state index is -0.217. The predicted octanol–water partition coefficient (Wildman–Crippen LogP) is 0.536. The zero-order valence-corrected chi connectivity index (χ0v) is 12.2. The van der Waals surface area contributed by atoms with Gasteiger partial charge >= 0.3 is 5.97 Å². The number of aromatic nitrogens is 3. The fourth-order valence-corrected chi connectivity index (χ4v) is 2.40. The molecule has 108 valence electrons. The highest BCUT2D eigenvalue weighted by molar-refractivity contribution is 7.14. The van der Waals surface area contributed by atoms with Crippen LogP contribution in [0.3, 0.4) is 0 Å². The molecule has 20 heavy (non-hydrogen) atoms. The molecule has 7 nitrogen and oxygen atoms in total. The molecule has 2 aromatic rings. The predicted molar refractivity (Wildman–Crippen MR) is 74.7 cm³/mol. The van der Waals surface area contributed by atoms with Crippen molar-refractivity contribution in [3.8, 4) is 0 Å². The number of esters is 1. The number of carbonyl (C=O) groups is 1. The lowest BCUT2D eigenvalue weighted by atomic mass is 10.3. The van der Waals surface area contributed by atoms with E-state index in [1.54, 1.807) is 12.4 Å². The molecule has 2 rings (SSSR count). The number of nitrogens with zero attached hydrogens (tertiary/aromatic N) is 4. The monoisotopic (exact) mass is 296 g/mol. The van der Waals surface area contributed by atoms with E-state index < -0.39 is 0 Å². The van der Waals surface area contributed by atoms with Gasteiger partial charge in [-0.25, -0.2) is 4.98 Å². The highest BCUT2D eigenvalue weighted by Crippen LogP contribution is 2.05. The average molecular weight is 296 g/mol. The lowest BCUT2D eigenvalue weighted by molar-refractivity contribution is -0.143. The smallest absolute Gasteiger partial charge is 0.307 e. The molecule has 0 spiro atoms. The third kappa shape index (κ3) is 3.61. The Hall–Kier alpha value is -1.80. The van der Waals surface area contributed by atoms with E-state index in [0.717, 1.165) is 0 Å². The van der Waals surface area contributed by atoms with Crippen LogP contribution in [0.5, 0.6) is 0 Å². The SMILES string of the molecule is CCOC(=O)CCN(C)Cc1cc(=O)n2ncsc2n1. The van der Waals surface area contributed by atoms with E-state index in [0.29, 0.717) is 36.8 Å². The minimum absolute atomic E-state index is 0.190. The number of hydrogen-bond acceptors (Lipinski definition) is 7. The Morgan fingerprint density at radius 1 is 1.55 bits per heavy atom. The van der Waals surface area contributed by atoms with Crippen molar-refractivity contribution in [2.45, 2.75) is 19.9 Å². The molecule has 0 aliphatic heterocycles. The molecule has 0 radical (unpaired) electrons. The maximum atomic E-state index is 11.8. The molecule has 0 aliphatic rings. The van der Waals surface area contributed by atoms with E-state index >= 15 is 0 Å². The van der Waals surface area contributed by atoms with E-state index in [-0.39, 0.29) is 11.5 Å². The molecule has 2 aromatic heterocycles. The number of ether oxygens (including phenoxy) is 1. The number of fused-ring (bicyclic) bond motifs is 1. The van der Waals surface area contributed by atoms with E-state index in [4.69, 9.17) is 4.74 Å². The molecule has 0 unspecified atom stereocenters. The van der Waals surface area contributed by atoms with Crippen molar-refractivity contribution in [1.82, 2.24) is 19.5 Å². The quantitative estimate of drug-likeness (QED) is 0.724. The molecule has 0 N–H and O–H groups in total. The van der Waals surface area contributed by atoms with Gasteiger partial charge in [-0.1, -0.05) is 11.3 Å². The standard InChI is InChI=1S/C12H16N4O3S/c1-3-19-11(18)4-5-15(2)7-9-6-10(17)16-12(14-9)20-8-13-16/h6,8H,3-5,7H2,1-2H3. The second-order valence-corrected chi connectivity index (χ2v) is 5.12. The molecule has 2 heterocycles. The molecule has 0 aliphatic carbocycles. The summed E-state index contributed by atoms with van der Waals surface area (Å²) < 4.78 is 6.14. The minimum Gasteiger partial charge on any atom is -0.466 e. The molecule has 0 amide bonds. The summed E-state index contributed by atoms with van der Waals surface area (Å²) in [5.41, 5.74) is 2.06. The Bertz CT molecular complexity index is 651. The molecular formula is C12H16N4O3S. The summed E-state index contributed by atoms with van der Waals surface area (Å²) >= 11 is 1.32. The number of carbonyl (C=O) groups excluding carboxylic acids is 1. The fourth-order valence-electron chi connectivity index (χ4n) is 1.75. The molecule has 8 heteroatoms. The molecule has 0 bridgehead atoms. The van der Waals surface area contributed by atoms with Gasteiger partial charge in [0.15, 0.2) is 0 Å². The first-order valence-corrected chi connectivity index (χ1v) is 7.14. The van der Waals surface area contributed by atoms with Crippen LogP contribution >= 0.6 is 11.3 Å². The van der Waals surface area contributed by atoms with Crippen LogP contribution in [-0.4, -0.2) is 45.7 Å². The van der Waals surface area contributed by atoms with Gasteiger partial charge in [-0.2, -0.15) is 9.61 Å². The van der Waals surface area contributed by atoms with Gasteiger partial charge in [-0.15, -0.1) is 0 Å². The van der Waals surface area contributed by atoms with Crippen LogP contribution in [0, 0.1) is 0 Å². The summed E-state index contributed by atoms with van der Waals surface area (Å²) in [7, 11) is 1.87. The van der Waals surface area contributed by atoms with Crippen molar-refractivity contribution in [3.63, 3.8) is 0 Å². The Kier molecular flexibility index (Phi) is 4.80. The van der Waals surface area contributed by atoms with E-state index in [1.165, 1.54) is 21.9 Å². The first kappa shape index (κ1) is 14.6. The van der Waals surface area contributed by atoms with Crippen molar-refractivity contribution >= 4 is 22.3 Å². The van der Waals surface area contributed by atoms with Crippen molar-refractivity contribution in [2.75, 3.05) is 20.2 Å². The molecule has 0 aromatic carbocycles. The van der Waals surface area contributed by atoms with Crippen molar-refractivity contribution in [1.29, 1.82) is 0 Å². The van der Waals surface area contributed by atoms with Gasteiger partial charge in [0, 0.05) is 19.2 Å². The highest BCUT2D eigenvalue weighted by Gasteiger charge is 2.09. The van der Waals surface area contributed by atoms with Gasteiger partial charge in [-0.05, 0) is 14.0 Å². The number of rotatable bonds is 6. The van der Waals surface area contributed by atoms with Crippen molar-refractivity contribution in [2.24, 2.45) is 0 Å². The van der Waals surface area contributed by atoms with Gasteiger partial charge in [0.1, 0.15) is 5.51 Å². The Balaban J connectivity index is 1.97. The van der Waals surface area contributed by atoms with Crippen molar-refractivity contribution in [3.05, 3.63) is 27.6 Å². The molecule has 0 saturated carbocycles. The van der Waals surface area contributed by atoms with E-state index in [1.807, 2.05) is 11.9 Å². The Morgan fingerprint density at radius 2 is 2.35 bits per heavy atom. The summed E-state index contributed by atoms with van der Waals surface area (Å²) in [6.07, 6.45) is 0.326. The summed E-state index contributed by atoms with van der Waals surface area (Å²) in [4.78, 5) is 29.9. The maximum Gasteiger partial charge on any atom is 0.307 e. The van der Waals surface area contributed by atoms with Gasteiger partial charge < -0.3 is 4.74 Å². The second-order valence-electron chi connectivity index (χ2n) is 4.31. The first-order chi connectivity index (χ1) is 9.60. The van der Waals surface area contributed by atoms with Crippen molar-refractivity contribution < 1.29 is 9.53 Å². The second kappa shape index (κ2) is 6.58. The average Bonchev–Trinajstić information content (AvgIpc) is 2.85. The number of hydrogen-bond donors (Lipinski definition) is 0. The van der Waals surface area contributed by atoms with Gasteiger partial charge in [0.2, 0.25) is 4.96 Å². The third-order valence-electron chi connectivity index (χ3n) is 2.67. The van der Waals surface area contributed by atoms with Crippen LogP contribution in [-0.2, 0) is 16.1 Å². The van der Waals surface area contributed by atoms with Crippen LogP contribution in [0.4, 0.5) is 0 Å². The van der Waals surface area contributed by atoms with Gasteiger partial charge in [0.25, 0.3) is 5.56 Å². The summed E-state index contributed by atoms with van der Waals surface area (Å²) in [6.45, 7) is 3.23. The highest BCUT2D eigenvalue weighted by atomic mass is 32.1. The topological polar surface area (TPSA) is 76.8 Å². The molecule has 0 atom stereocenters. The summed E-state index contributed by atoms with van der Waals surface area (Å²) in [5.74, 6) is -0.217. The first-order valence-electron chi connectivity index (χ1n) is 6.26. The maximum absolute atomic E-state index is 11.8. The Morgan fingerprint density at radius 3 is 3.10 bits per heavy atom. The van der Waals surface area contributed by atoms with Gasteiger partial charge in [-0.3, -0.25) is 14.5 Å². The van der Waals surface area contributed by atoms with E-state index in [2.05, 4.69) is 10.1 Å². The lowest BCUT2D eigenvalue weighted by Gasteiger charge is -2.15. The Labute approximate surface area is 119 Å².